The molecule has 5 rings (SSSR count). The zero-order valence-corrected chi connectivity index (χ0v) is 20.9. The summed E-state index contributed by atoms with van der Waals surface area (Å²) in [6.45, 7) is 4.92. The van der Waals surface area contributed by atoms with E-state index in [1.165, 1.54) is 29.6 Å². The van der Waals surface area contributed by atoms with E-state index < -0.39 is 18.0 Å². The highest BCUT2D eigenvalue weighted by molar-refractivity contribution is 5.77. The van der Waals surface area contributed by atoms with Crippen LogP contribution < -0.4 is 5.73 Å². The lowest BCUT2D eigenvalue weighted by atomic mass is 9.47. The number of hydrogen-bond donors (Lipinski definition) is 2. The molecule has 1 aromatic rings. The minimum atomic E-state index is -0.947. The summed E-state index contributed by atoms with van der Waals surface area (Å²) >= 11 is 0. The number of carboxylic acid groups (broad SMARTS) is 1. The van der Waals surface area contributed by atoms with Crippen LogP contribution in [-0.2, 0) is 14.3 Å². The van der Waals surface area contributed by atoms with E-state index in [-0.39, 0.29) is 29.8 Å². The van der Waals surface area contributed by atoms with Crippen LogP contribution >= 0.6 is 0 Å². The van der Waals surface area contributed by atoms with Gasteiger partial charge in [0.25, 0.3) is 0 Å². The molecule has 4 aliphatic carbocycles. The van der Waals surface area contributed by atoms with E-state index in [9.17, 15) is 9.59 Å². The first kappa shape index (κ1) is 24.2. The lowest BCUT2D eigenvalue weighted by Crippen LogP contribution is -2.50. The second kappa shape index (κ2) is 9.20. The van der Waals surface area contributed by atoms with Gasteiger partial charge in [-0.25, -0.2) is 0 Å². The Hall–Kier alpha value is -2.47. The van der Waals surface area contributed by atoms with E-state index in [0.717, 1.165) is 32.1 Å². The number of carbonyl (C=O) groups excluding carboxylic acids is 1. The fourth-order valence-electron chi connectivity index (χ4n) is 7.91. The van der Waals surface area contributed by atoms with E-state index >= 15 is 0 Å². The highest BCUT2D eigenvalue weighted by atomic mass is 16.5. The van der Waals surface area contributed by atoms with Crippen molar-refractivity contribution in [1.29, 1.82) is 0 Å². The van der Waals surface area contributed by atoms with Gasteiger partial charge in [0.05, 0.1) is 0 Å². The smallest absolute Gasteiger partial charge is 0.323 e. The number of carboxylic acids is 1. The molecular weight excluding hydrogens is 440 g/mol. The van der Waals surface area contributed by atoms with Gasteiger partial charge in [0.15, 0.2) is 0 Å². The second-order valence-electron chi connectivity index (χ2n) is 11.7. The molecule has 0 bridgehead atoms. The van der Waals surface area contributed by atoms with Crippen LogP contribution in [0.2, 0.25) is 0 Å². The van der Waals surface area contributed by atoms with Gasteiger partial charge < -0.3 is 15.6 Å². The molecule has 2 saturated carbocycles. The van der Waals surface area contributed by atoms with E-state index in [4.69, 9.17) is 15.6 Å². The summed E-state index contributed by atoms with van der Waals surface area (Å²) in [5.74, 6) is 0.585. The van der Waals surface area contributed by atoms with Crippen molar-refractivity contribution < 1.29 is 19.4 Å². The Labute approximate surface area is 208 Å². The molecular formula is C29H38N2O4. The Morgan fingerprint density at radius 1 is 1.17 bits per heavy atom. The van der Waals surface area contributed by atoms with Crippen LogP contribution in [0.4, 0.5) is 0 Å². The van der Waals surface area contributed by atoms with Gasteiger partial charge in [-0.3, -0.25) is 14.6 Å². The average Bonchev–Trinajstić information content (AvgIpc) is 3.20. The molecule has 0 amide bonds. The Kier molecular flexibility index (Phi) is 6.37. The van der Waals surface area contributed by atoms with Crippen molar-refractivity contribution in [3.05, 3.63) is 47.8 Å². The first-order valence-corrected chi connectivity index (χ1v) is 13.2. The van der Waals surface area contributed by atoms with Crippen LogP contribution in [0.5, 0.6) is 0 Å². The van der Waals surface area contributed by atoms with Crippen LogP contribution in [0.15, 0.2) is 42.3 Å². The standard InChI is InChI=1S/C29H38N2O4/c1-28-13-11-20(35-27(34)25(30)9-10-26(32)33)16-19(28)5-6-21-23-8-7-22(18-4-3-15-31-17-18)29(23,2)14-12-24(21)28/h3-5,7,15,17,20-21,23-25H,6,8-14,16,30H2,1-2H3,(H,32,33)/t20-,21-,23-,24-,25?,28-,29+/m0/s1. The minimum absolute atomic E-state index is 0.111. The number of allylic oxidation sites excluding steroid dienone is 3. The number of ether oxygens (including phenoxy) is 1. The summed E-state index contributed by atoms with van der Waals surface area (Å²) < 4.78 is 5.75. The Bertz CT molecular complexity index is 1050. The average molecular weight is 479 g/mol. The fourth-order valence-corrected chi connectivity index (χ4v) is 7.91. The van der Waals surface area contributed by atoms with Gasteiger partial charge in [-0.2, -0.15) is 0 Å². The molecule has 0 spiro atoms. The molecule has 6 nitrogen and oxygen atoms in total. The summed E-state index contributed by atoms with van der Waals surface area (Å²) in [7, 11) is 0. The number of nitrogens with two attached hydrogens (primary N) is 1. The molecule has 2 fully saturated rings. The molecule has 1 unspecified atom stereocenters. The highest BCUT2D eigenvalue weighted by Gasteiger charge is 2.57. The number of carbonyl (C=O) groups is 2. The maximum atomic E-state index is 12.4. The van der Waals surface area contributed by atoms with Crippen LogP contribution in [-0.4, -0.2) is 34.2 Å². The van der Waals surface area contributed by atoms with Gasteiger partial charge in [-0.05, 0) is 90.7 Å². The molecule has 188 valence electrons. The van der Waals surface area contributed by atoms with Crippen molar-refractivity contribution in [3.8, 4) is 0 Å². The molecule has 3 N–H and O–H groups in total. The van der Waals surface area contributed by atoms with Crippen molar-refractivity contribution in [1.82, 2.24) is 4.98 Å². The topological polar surface area (TPSA) is 103 Å². The SMILES string of the molecule is C[C@]12CC[C@H](OC(=O)C(N)CCC(=O)O)CC1=CC[C@@H]1[C@@H]2CC[C@]2(C)C(c3cccnc3)=CC[C@@H]12. The third-order valence-corrected chi connectivity index (χ3v) is 9.87. The predicted molar refractivity (Wildman–Crippen MR) is 134 cm³/mol. The second-order valence-corrected chi connectivity index (χ2v) is 11.7. The number of pyridine rings is 1. The van der Waals surface area contributed by atoms with Crippen LogP contribution in [0.3, 0.4) is 0 Å². The zero-order valence-electron chi connectivity index (χ0n) is 20.9. The molecule has 6 heteroatoms. The largest absolute Gasteiger partial charge is 0.481 e. The third kappa shape index (κ3) is 4.24. The van der Waals surface area contributed by atoms with Crippen molar-refractivity contribution in [3.63, 3.8) is 0 Å². The predicted octanol–water partition coefficient (Wildman–Crippen LogP) is 5.14. The fraction of sp³-hybridized carbons (Fsp3) is 0.621. The van der Waals surface area contributed by atoms with E-state index in [1.807, 2.05) is 18.5 Å². The van der Waals surface area contributed by atoms with Gasteiger partial charge in [-0.1, -0.05) is 37.6 Å². The minimum Gasteiger partial charge on any atom is -0.481 e. The van der Waals surface area contributed by atoms with Gasteiger partial charge in [0.1, 0.15) is 12.1 Å². The van der Waals surface area contributed by atoms with Crippen molar-refractivity contribution in [2.45, 2.75) is 83.8 Å². The van der Waals surface area contributed by atoms with Crippen molar-refractivity contribution >= 4 is 17.5 Å². The maximum absolute atomic E-state index is 12.4. The normalized spacial score (nSPS) is 36.7. The summed E-state index contributed by atoms with van der Waals surface area (Å²) in [5.41, 5.74) is 10.5. The summed E-state index contributed by atoms with van der Waals surface area (Å²) in [4.78, 5) is 27.6. The molecule has 1 aromatic heterocycles. The van der Waals surface area contributed by atoms with Gasteiger partial charge >= 0.3 is 11.9 Å². The molecule has 1 heterocycles. The molecule has 0 radical (unpaired) electrons. The van der Waals surface area contributed by atoms with Crippen molar-refractivity contribution in [2.24, 2.45) is 34.3 Å². The first-order valence-electron chi connectivity index (χ1n) is 13.2. The Balaban J connectivity index is 1.28. The lowest BCUT2D eigenvalue weighted by Gasteiger charge is -2.57. The maximum Gasteiger partial charge on any atom is 0.323 e. The van der Waals surface area contributed by atoms with Gasteiger partial charge in [0, 0.05) is 25.2 Å². The number of fused-ring (bicyclic) bond motifs is 5. The number of nitrogens with zero attached hydrogens (tertiary/aromatic N) is 1. The molecule has 0 aromatic carbocycles. The third-order valence-electron chi connectivity index (χ3n) is 9.87. The number of aromatic nitrogens is 1. The van der Waals surface area contributed by atoms with Crippen LogP contribution in [0.1, 0.15) is 77.2 Å². The molecule has 4 aliphatic rings. The summed E-state index contributed by atoms with van der Waals surface area (Å²) in [5, 5.41) is 8.84. The number of rotatable bonds is 6. The first-order chi connectivity index (χ1) is 16.7. The Morgan fingerprint density at radius 3 is 2.71 bits per heavy atom. The molecule has 7 atom stereocenters. The number of hydrogen-bond acceptors (Lipinski definition) is 5. The molecule has 0 saturated heterocycles. The molecule has 35 heavy (non-hydrogen) atoms. The zero-order chi connectivity index (χ0) is 24.8. The summed E-state index contributed by atoms with van der Waals surface area (Å²) in [6, 6.07) is 3.37. The lowest BCUT2D eigenvalue weighted by molar-refractivity contribution is -0.153. The van der Waals surface area contributed by atoms with Crippen LogP contribution in [0, 0.1) is 28.6 Å². The quantitative estimate of drug-likeness (QED) is 0.433. The Morgan fingerprint density at radius 2 is 1.97 bits per heavy atom. The summed E-state index contributed by atoms with van der Waals surface area (Å²) in [6.07, 6.45) is 16.0. The van der Waals surface area contributed by atoms with Crippen LogP contribution in [0.25, 0.3) is 5.57 Å². The number of esters is 1. The molecule has 0 aliphatic heterocycles. The van der Waals surface area contributed by atoms with E-state index in [1.54, 1.807) is 0 Å². The van der Waals surface area contributed by atoms with Gasteiger partial charge in [0.2, 0.25) is 0 Å². The monoisotopic (exact) mass is 478 g/mol. The van der Waals surface area contributed by atoms with Crippen molar-refractivity contribution in [2.75, 3.05) is 0 Å². The highest BCUT2D eigenvalue weighted by Crippen LogP contribution is 2.66. The number of aliphatic carboxylic acids is 1. The van der Waals surface area contributed by atoms with E-state index in [2.05, 4.69) is 37.0 Å². The van der Waals surface area contributed by atoms with E-state index in [0.29, 0.717) is 17.8 Å². The van der Waals surface area contributed by atoms with Gasteiger partial charge in [-0.15, -0.1) is 0 Å².